The monoisotopic (exact) mass is 365 g/mol. The number of likely N-dealkylation sites (N-methyl/N-ethyl adjacent to an activating group) is 1. The first-order valence-corrected chi connectivity index (χ1v) is 8.59. The van der Waals surface area contributed by atoms with Crippen LogP contribution in [0.15, 0.2) is 12.1 Å². The van der Waals surface area contributed by atoms with Crippen molar-refractivity contribution in [3.8, 4) is 11.5 Å². The molecule has 1 aromatic rings. The standard InChI is InChI=1S/C20H31NO5/c1-18(2,3)16(23)14-12(9-10-13(22)15(14)26-8)20(25,11-21-7)17(24)19(4,5)6/h9-10,21-22,25H,11H2,1-8H3. The Morgan fingerprint density at radius 3 is 2.00 bits per heavy atom. The molecule has 146 valence electrons. The van der Waals surface area contributed by atoms with Gasteiger partial charge in [0.25, 0.3) is 0 Å². The molecule has 26 heavy (non-hydrogen) atoms. The Hall–Kier alpha value is -1.92. The topological polar surface area (TPSA) is 95.9 Å². The summed E-state index contributed by atoms with van der Waals surface area (Å²) in [4.78, 5) is 26.2. The maximum atomic E-state index is 13.1. The van der Waals surface area contributed by atoms with Gasteiger partial charge < -0.3 is 20.3 Å². The fraction of sp³-hybridized carbons (Fsp3) is 0.600. The van der Waals surface area contributed by atoms with Crippen LogP contribution in [0.4, 0.5) is 0 Å². The molecule has 0 saturated heterocycles. The van der Waals surface area contributed by atoms with E-state index in [0.29, 0.717) is 0 Å². The third kappa shape index (κ3) is 4.07. The predicted molar refractivity (Wildman–Crippen MR) is 101 cm³/mol. The number of carbonyl (C=O) groups excluding carboxylic acids is 2. The molecular weight excluding hydrogens is 334 g/mol. The molecule has 1 aromatic carbocycles. The number of methoxy groups -OCH3 is 1. The van der Waals surface area contributed by atoms with Gasteiger partial charge in [0.05, 0.1) is 12.7 Å². The Morgan fingerprint density at radius 1 is 1.08 bits per heavy atom. The Morgan fingerprint density at radius 2 is 1.62 bits per heavy atom. The van der Waals surface area contributed by atoms with Crippen molar-refractivity contribution in [2.75, 3.05) is 20.7 Å². The fourth-order valence-corrected chi connectivity index (χ4v) is 2.90. The number of hydrogen-bond acceptors (Lipinski definition) is 6. The molecule has 0 spiro atoms. The summed E-state index contributed by atoms with van der Waals surface area (Å²) in [6.45, 7) is 10.2. The SMILES string of the molecule is CNCC(O)(C(=O)C(C)(C)C)c1ccc(O)c(OC)c1C(=O)C(C)(C)C. The van der Waals surface area contributed by atoms with E-state index in [0.717, 1.165) is 0 Å². The molecule has 0 heterocycles. The van der Waals surface area contributed by atoms with E-state index in [4.69, 9.17) is 4.74 Å². The van der Waals surface area contributed by atoms with Crippen LogP contribution >= 0.6 is 0 Å². The minimum Gasteiger partial charge on any atom is -0.504 e. The van der Waals surface area contributed by atoms with Crippen molar-refractivity contribution in [3.05, 3.63) is 23.3 Å². The van der Waals surface area contributed by atoms with Gasteiger partial charge in [0, 0.05) is 22.9 Å². The number of benzene rings is 1. The van der Waals surface area contributed by atoms with Crippen molar-refractivity contribution in [2.24, 2.45) is 10.8 Å². The highest BCUT2D eigenvalue weighted by molar-refractivity contribution is 6.06. The number of phenolic OH excluding ortho intramolecular Hbond substituents is 1. The molecule has 1 rings (SSSR count). The Kier molecular flexibility index (Phi) is 6.27. The molecule has 1 unspecified atom stereocenters. The molecule has 6 heteroatoms. The lowest BCUT2D eigenvalue weighted by Crippen LogP contribution is -2.50. The first-order chi connectivity index (χ1) is 11.7. The average Bonchev–Trinajstić information content (AvgIpc) is 2.51. The van der Waals surface area contributed by atoms with Crippen molar-refractivity contribution in [3.63, 3.8) is 0 Å². The summed E-state index contributed by atoms with van der Waals surface area (Å²) < 4.78 is 5.26. The normalized spacial score (nSPS) is 14.7. The summed E-state index contributed by atoms with van der Waals surface area (Å²) in [6, 6.07) is 2.74. The van der Waals surface area contributed by atoms with Crippen LogP contribution in [0.5, 0.6) is 11.5 Å². The van der Waals surface area contributed by atoms with Gasteiger partial charge in [-0.3, -0.25) is 9.59 Å². The molecule has 0 aromatic heterocycles. The summed E-state index contributed by atoms with van der Waals surface area (Å²) in [5.74, 6) is -1.04. The van der Waals surface area contributed by atoms with E-state index in [1.807, 2.05) is 0 Å². The minimum atomic E-state index is -1.95. The van der Waals surface area contributed by atoms with E-state index in [9.17, 15) is 19.8 Å². The maximum Gasteiger partial charge on any atom is 0.175 e. The number of ketones is 2. The second-order valence-corrected chi connectivity index (χ2v) is 8.59. The van der Waals surface area contributed by atoms with Crippen molar-refractivity contribution in [1.29, 1.82) is 0 Å². The van der Waals surface area contributed by atoms with Gasteiger partial charge in [0.2, 0.25) is 0 Å². The van der Waals surface area contributed by atoms with Crippen molar-refractivity contribution >= 4 is 11.6 Å². The zero-order valence-corrected chi connectivity index (χ0v) is 17.0. The number of nitrogens with one attached hydrogen (secondary N) is 1. The lowest BCUT2D eigenvalue weighted by atomic mass is 9.73. The highest BCUT2D eigenvalue weighted by Gasteiger charge is 2.47. The Labute approximate surface area is 155 Å². The van der Waals surface area contributed by atoms with Crippen molar-refractivity contribution in [2.45, 2.75) is 47.1 Å². The van der Waals surface area contributed by atoms with Crippen molar-refractivity contribution < 1.29 is 24.5 Å². The van der Waals surface area contributed by atoms with Gasteiger partial charge in [-0.25, -0.2) is 0 Å². The van der Waals surface area contributed by atoms with Crippen LogP contribution in [0.3, 0.4) is 0 Å². The molecule has 0 fully saturated rings. The molecule has 6 nitrogen and oxygen atoms in total. The molecule has 0 radical (unpaired) electrons. The van der Waals surface area contributed by atoms with Gasteiger partial charge in [0.15, 0.2) is 28.7 Å². The number of hydrogen-bond donors (Lipinski definition) is 3. The van der Waals surface area contributed by atoms with Crippen LogP contribution in [0.2, 0.25) is 0 Å². The molecular formula is C20H31NO5. The molecule has 0 aliphatic heterocycles. The van der Waals surface area contributed by atoms with Gasteiger partial charge in [0.1, 0.15) is 0 Å². The van der Waals surface area contributed by atoms with E-state index >= 15 is 0 Å². The Bertz CT molecular complexity index is 697. The predicted octanol–water partition coefficient (Wildman–Crippen LogP) is 2.65. The summed E-state index contributed by atoms with van der Waals surface area (Å²) in [5, 5.41) is 24.4. The third-order valence-corrected chi connectivity index (χ3v) is 4.18. The van der Waals surface area contributed by atoms with Crippen molar-refractivity contribution in [1.82, 2.24) is 5.32 Å². The highest BCUT2D eigenvalue weighted by Crippen LogP contribution is 2.42. The largest absolute Gasteiger partial charge is 0.504 e. The minimum absolute atomic E-state index is 0.0235. The van der Waals surface area contributed by atoms with Gasteiger partial charge in [-0.15, -0.1) is 0 Å². The zero-order chi connectivity index (χ0) is 20.5. The van der Waals surface area contributed by atoms with Gasteiger partial charge >= 0.3 is 0 Å². The summed E-state index contributed by atoms with van der Waals surface area (Å²) in [5.41, 5.74) is -3.46. The van der Waals surface area contributed by atoms with E-state index in [-0.39, 0.29) is 35.0 Å². The van der Waals surface area contributed by atoms with Gasteiger partial charge in [-0.1, -0.05) is 47.6 Å². The number of ether oxygens (including phenoxy) is 1. The molecule has 0 aliphatic rings. The van der Waals surface area contributed by atoms with Crippen LogP contribution in [0.25, 0.3) is 0 Å². The Balaban J connectivity index is 3.89. The highest BCUT2D eigenvalue weighted by atomic mass is 16.5. The van der Waals surface area contributed by atoms with Crippen LogP contribution in [0, 0.1) is 10.8 Å². The van der Waals surface area contributed by atoms with Crippen LogP contribution in [-0.4, -0.2) is 42.5 Å². The van der Waals surface area contributed by atoms with Crippen LogP contribution < -0.4 is 10.1 Å². The number of aliphatic hydroxyl groups is 1. The number of carbonyl (C=O) groups is 2. The number of aromatic hydroxyl groups is 1. The summed E-state index contributed by atoms with van der Waals surface area (Å²) in [7, 11) is 2.95. The maximum absolute atomic E-state index is 13.1. The van der Waals surface area contributed by atoms with Crippen LogP contribution in [0.1, 0.15) is 57.5 Å². The number of phenols is 1. The number of Topliss-reactive ketones (excluding diaryl/α,β-unsaturated/α-hetero) is 2. The van der Waals surface area contributed by atoms with E-state index < -0.39 is 22.2 Å². The molecule has 0 amide bonds. The third-order valence-electron chi connectivity index (χ3n) is 4.18. The quantitative estimate of drug-likeness (QED) is 0.671. The average molecular weight is 365 g/mol. The van der Waals surface area contributed by atoms with Gasteiger partial charge in [-0.05, 0) is 13.1 Å². The lowest BCUT2D eigenvalue weighted by molar-refractivity contribution is -0.146. The summed E-state index contributed by atoms with van der Waals surface area (Å²) >= 11 is 0. The van der Waals surface area contributed by atoms with E-state index in [1.165, 1.54) is 19.2 Å². The second kappa shape index (κ2) is 7.37. The number of rotatable bonds is 6. The molecule has 3 N–H and O–H groups in total. The van der Waals surface area contributed by atoms with E-state index in [2.05, 4.69) is 5.32 Å². The summed E-state index contributed by atoms with van der Waals surface area (Å²) in [6.07, 6.45) is 0. The molecule has 0 saturated carbocycles. The van der Waals surface area contributed by atoms with E-state index in [1.54, 1.807) is 48.6 Å². The molecule has 0 aliphatic carbocycles. The lowest BCUT2D eigenvalue weighted by Gasteiger charge is -2.35. The van der Waals surface area contributed by atoms with Gasteiger partial charge in [-0.2, -0.15) is 0 Å². The van der Waals surface area contributed by atoms with Crippen LogP contribution in [-0.2, 0) is 10.4 Å². The first kappa shape index (κ1) is 22.1. The fourth-order valence-electron chi connectivity index (χ4n) is 2.90. The first-order valence-electron chi connectivity index (χ1n) is 8.59. The molecule has 0 bridgehead atoms. The zero-order valence-electron chi connectivity index (χ0n) is 17.0. The molecule has 1 atom stereocenters. The smallest absolute Gasteiger partial charge is 0.175 e. The second-order valence-electron chi connectivity index (χ2n) is 8.59.